The molecule has 182 valence electrons. The van der Waals surface area contributed by atoms with Gasteiger partial charge in [-0.2, -0.15) is 4.68 Å². The maximum absolute atomic E-state index is 13.0. The first kappa shape index (κ1) is 24.7. The Kier molecular flexibility index (Phi) is 7.78. The average Bonchev–Trinajstić information content (AvgIpc) is 3.57. The van der Waals surface area contributed by atoms with Gasteiger partial charge in [-0.1, -0.05) is 11.6 Å². The lowest BCUT2D eigenvalue weighted by Crippen LogP contribution is -2.44. The summed E-state index contributed by atoms with van der Waals surface area (Å²) in [4.78, 5) is 41.0. The summed E-state index contributed by atoms with van der Waals surface area (Å²) < 4.78 is 1.43. The number of nitrogens with one attached hydrogen (secondary N) is 2. The van der Waals surface area contributed by atoms with E-state index in [9.17, 15) is 14.4 Å². The number of tetrazole rings is 1. The number of hydrogen-bond donors (Lipinski definition) is 3. The molecule has 1 atom stereocenters. The van der Waals surface area contributed by atoms with E-state index in [0.29, 0.717) is 27.7 Å². The van der Waals surface area contributed by atoms with E-state index in [1.807, 2.05) is 0 Å². The summed E-state index contributed by atoms with van der Waals surface area (Å²) in [5.74, 6) is -2.07. The van der Waals surface area contributed by atoms with Crippen LogP contribution < -0.4 is 10.6 Å². The minimum absolute atomic E-state index is 0.0903. The van der Waals surface area contributed by atoms with Gasteiger partial charge in [-0.05, 0) is 59.0 Å². The zero-order valence-corrected chi connectivity index (χ0v) is 20.0. The van der Waals surface area contributed by atoms with Crippen LogP contribution >= 0.6 is 22.9 Å². The Balaban J connectivity index is 1.50. The number of carbonyl (C=O) groups excluding carboxylic acids is 2. The quantitative estimate of drug-likeness (QED) is 0.283. The molecule has 0 bridgehead atoms. The number of aromatic nitrogens is 5. The van der Waals surface area contributed by atoms with E-state index in [-0.39, 0.29) is 12.0 Å². The third-order valence-electron chi connectivity index (χ3n) is 4.93. The molecular weight excluding hydrogens is 506 g/mol. The smallest absolute Gasteiger partial charge is 0.335 e. The summed E-state index contributed by atoms with van der Waals surface area (Å²) in [5.41, 5.74) is 3.95. The molecule has 0 radical (unpaired) electrons. The standard InChI is InChI=1S/C23H18ClN7O4S/c24-16-4-7-20(31-12-26-29-30-31)15(9-16)3-8-21(32)28-19(10-18-11-36-13-25-18)22(33)27-17-5-1-14(2-6-17)23(34)35/h1-9,11-13,19H,10H2,(H,27,33)(H,28,32)(H,34,35). The second-order valence-electron chi connectivity index (χ2n) is 7.41. The molecule has 0 fully saturated rings. The minimum atomic E-state index is -1.07. The van der Waals surface area contributed by atoms with Crippen LogP contribution in [0.1, 0.15) is 21.6 Å². The highest BCUT2D eigenvalue weighted by Crippen LogP contribution is 2.20. The summed E-state index contributed by atoms with van der Waals surface area (Å²) in [6, 6.07) is 9.80. The summed E-state index contributed by atoms with van der Waals surface area (Å²) >= 11 is 7.49. The molecule has 0 saturated heterocycles. The van der Waals surface area contributed by atoms with Gasteiger partial charge in [0.2, 0.25) is 11.8 Å². The van der Waals surface area contributed by atoms with Gasteiger partial charge in [-0.15, -0.1) is 16.4 Å². The van der Waals surface area contributed by atoms with Crippen molar-refractivity contribution in [2.24, 2.45) is 0 Å². The van der Waals surface area contributed by atoms with E-state index in [1.165, 1.54) is 52.7 Å². The van der Waals surface area contributed by atoms with Crippen LogP contribution in [-0.2, 0) is 16.0 Å². The van der Waals surface area contributed by atoms with Crippen LogP contribution in [0.15, 0.2) is 65.8 Å². The Hall–Kier alpha value is -4.42. The molecule has 2 aromatic heterocycles. The summed E-state index contributed by atoms with van der Waals surface area (Å²) in [6.45, 7) is 0. The normalized spacial score (nSPS) is 11.8. The third-order valence-corrected chi connectivity index (χ3v) is 5.80. The number of carboxylic acids is 1. The second-order valence-corrected chi connectivity index (χ2v) is 8.56. The van der Waals surface area contributed by atoms with Crippen LogP contribution in [0.5, 0.6) is 0 Å². The highest BCUT2D eigenvalue weighted by atomic mass is 35.5. The number of aromatic carboxylic acids is 1. The molecule has 13 heteroatoms. The number of amides is 2. The molecule has 11 nitrogen and oxygen atoms in total. The van der Waals surface area contributed by atoms with Gasteiger partial charge in [0.15, 0.2) is 0 Å². The van der Waals surface area contributed by atoms with Gasteiger partial charge < -0.3 is 15.7 Å². The van der Waals surface area contributed by atoms with E-state index in [4.69, 9.17) is 16.7 Å². The van der Waals surface area contributed by atoms with Crippen LogP contribution in [0.2, 0.25) is 5.02 Å². The maximum Gasteiger partial charge on any atom is 0.335 e. The lowest BCUT2D eigenvalue weighted by Gasteiger charge is -2.17. The predicted molar refractivity (Wildman–Crippen MR) is 133 cm³/mol. The first-order valence-electron chi connectivity index (χ1n) is 10.4. The summed E-state index contributed by atoms with van der Waals surface area (Å²) in [5, 5.41) is 27.8. The number of carbonyl (C=O) groups is 3. The van der Waals surface area contributed by atoms with Crippen LogP contribution in [0.3, 0.4) is 0 Å². The van der Waals surface area contributed by atoms with E-state index in [2.05, 4.69) is 31.1 Å². The Labute approximate surface area is 213 Å². The zero-order valence-electron chi connectivity index (χ0n) is 18.4. The predicted octanol–water partition coefficient (Wildman–Crippen LogP) is 2.85. The van der Waals surface area contributed by atoms with E-state index < -0.39 is 23.8 Å². The number of hydrogen-bond acceptors (Lipinski definition) is 8. The molecule has 2 aromatic carbocycles. The molecule has 2 amide bonds. The van der Waals surface area contributed by atoms with Crippen LogP contribution in [0.25, 0.3) is 11.8 Å². The molecule has 4 aromatic rings. The van der Waals surface area contributed by atoms with Crippen molar-refractivity contribution >= 4 is 52.5 Å². The van der Waals surface area contributed by atoms with Crippen molar-refractivity contribution in [1.29, 1.82) is 0 Å². The van der Waals surface area contributed by atoms with Crippen LogP contribution in [0.4, 0.5) is 5.69 Å². The van der Waals surface area contributed by atoms with E-state index >= 15 is 0 Å². The maximum atomic E-state index is 13.0. The number of halogens is 1. The fraction of sp³-hybridized carbons (Fsp3) is 0.0870. The molecule has 0 saturated carbocycles. The minimum Gasteiger partial charge on any atom is -0.478 e. The monoisotopic (exact) mass is 523 g/mol. The fourth-order valence-electron chi connectivity index (χ4n) is 3.21. The molecule has 0 spiro atoms. The van der Waals surface area contributed by atoms with Crippen molar-refractivity contribution in [1.82, 2.24) is 30.5 Å². The Morgan fingerprint density at radius 2 is 1.97 bits per heavy atom. The van der Waals surface area contributed by atoms with Gasteiger partial charge in [0, 0.05) is 34.2 Å². The Morgan fingerprint density at radius 3 is 2.64 bits per heavy atom. The molecule has 0 aliphatic heterocycles. The fourth-order valence-corrected chi connectivity index (χ4v) is 3.96. The number of rotatable bonds is 9. The lowest BCUT2D eigenvalue weighted by atomic mass is 10.1. The van der Waals surface area contributed by atoms with Gasteiger partial charge in [0.25, 0.3) is 0 Å². The van der Waals surface area contributed by atoms with Gasteiger partial charge >= 0.3 is 5.97 Å². The van der Waals surface area contributed by atoms with E-state index in [1.54, 1.807) is 35.2 Å². The van der Waals surface area contributed by atoms with Gasteiger partial charge in [0.1, 0.15) is 12.4 Å². The molecule has 2 heterocycles. The molecular formula is C23H18ClN7O4S. The van der Waals surface area contributed by atoms with Crippen molar-refractivity contribution in [3.63, 3.8) is 0 Å². The molecule has 4 rings (SSSR count). The lowest BCUT2D eigenvalue weighted by molar-refractivity contribution is -0.123. The molecule has 0 aliphatic carbocycles. The first-order valence-corrected chi connectivity index (χ1v) is 11.7. The average molecular weight is 524 g/mol. The molecule has 0 aliphatic rings. The second kappa shape index (κ2) is 11.3. The Morgan fingerprint density at radius 1 is 1.17 bits per heavy atom. The molecule has 3 N–H and O–H groups in total. The Bertz CT molecular complexity index is 1390. The summed E-state index contributed by atoms with van der Waals surface area (Å²) in [7, 11) is 0. The van der Waals surface area contributed by atoms with Gasteiger partial charge in [0.05, 0.1) is 22.5 Å². The molecule has 1 unspecified atom stereocenters. The van der Waals surface area contributed by atoms with Crippen molar-refractivity contribution < 1.29 is 19.5 Å². The SMILES string of the molecule is O=C(C=Cc1cc(Cl)ccc1-n1cnnn1)NC(Cc1cscn1)C(=O)Nc1ccc(C(=O)O)cc1. The van der Waals surface area contributed by atoms with Gasteiger partial charge in [-0.25, -0.2) is 9.78 Å². The number of carboxylic acid groups (broad SMARTS) is 1. The van der Waals surface area contributed by atoms with Crippen LogP contribution in [0, 0.1) is 0 Å². The van der Waals surface area contributed by atoms with E-state index in [0.717, 1.165) is 0 Å². The number of thiazole rings is 1. The molecule has 36 heavy (non-hydrogen) atoms. The number of anilines is 1. The zero-order chi connectivity index (χ0) is 25.5. The highest BCUT2D eigenvalue weighted by Gasteiger charge is 2.22. The first-order chi connectivity index (χ1) is 17.4. The highest BCUT2D eigenvalue weighted by molar-refractivity contribution is 7.07. The van der Waals surface area contributed by atoms with Gasteiger partial charge in [-0.3, -0.25) is 9.59 Å². The summed E-state index contributed by atoms with van der Waals surface area (Å²) in [6.07, 6.45) is 4.40. The topological polar surface area (TPSA) is 152 Å². The van der Waals surface area contributed by atoms with Crippen molar-refractivity contribution in [3.8, 4) is 5.69 Å². The van der Waals surface area contributed by atoms with Crippen molar-refractivity contribution in [3.05, 3.63) is 87.6 Å². The van der Waals surface area contributed by atoms with Crippen molar-refractivity contribution in [2.75, 3.05) is 5.32 Å². The van der Waals surface area contributed by atoms with Crippen molar-refractivity contribution in [2.45, 2.75) is 12.5 Å². The number of nitrogens with zero attached hydrogens (tertiary/aromatic N) is 5. The third kappa shape index (κ3) is 6.37. The largest absolute Gasteiger partial charge is 0.478 e. The number of benzene rings is 2. The van der Waals surface area contributed by atoms with Crippen LogP contribution in [-0.4, -0.2) is 54.1 Å².